The molecule has 1 aromatic carbocycles. The Kier molecular flexibility index (Phi) is 9.38. The summed E-state index contributed by atoms with van der Waals surface area (Å²) in [4.78, 5) is 25.8. The summed E-state index contributed by atoms with van der Waals surface area (Å²) in [6.07, 6.45) is -9.25. The van der Waals surface area contributed by atoms with E-state index in [-0.39, 0.29) is 23.8 Å². The summed E-state index contributed by atoms with van der Waals surface area (Å²) in [6, 6.07) is 2.85. The minimum absolute atomic E-state index is 0.0613. The van der Waals surface area contributed by atoms with E-state index in [4.69, 9.17) is 4.74 Å². The number of alkyl halides is 6. The Labute approximate surface area is 187 Å². The van der Waals surface area contributed by atoms with Crippen molar-refractivity contribution in [3.8, 4) is 5.75 Å². The number of benzene rings is 1. The van der Waals surface area contributed by atoms with Crippen LogP contribution in [-0.4, -0.2) is 62.7 Å². The van der Waals surface area contributed by atoms with E-state index in [1.165, 1.54) is 13.2 Å². The van der Waals surface area contributed by atoms with Crippen molar-refractivity contribution in [3.05, 3.63) is 29.3 Å². The quantitative estimate of drug-likeness (QED) is 0.527. The van der Waals surface area contributed by atoms with Crippen molar-refractivity contribution in [1.29, 1.82) is 0 Å². The van der Waals surface area contributed by atoms with Crippen molar-refractivity contribution >= 4 is 11.8 Å². The zero-order chi connectivity index (χ0) is 24.6. The molecule has 0 saturated carbocycles. The third-order valence-electron chi connectivity index (χ3n) is 5.38. The molecule has 0 aromatic heterocycles. The fourth-order valence-corrected chi connectivity index (χ4v) is 3.46. The first kappa shape index (κ1) is 26.7. The molecule has 6 nitrogen and oxygen atoms in total. The zero-order valence-electron chi connectivity index (χ0n) is 18.1. The Bertz CT molecular complexity index is 805. The number of carbonyl (C=O) groups excluding carboxylic acids is 2. The van der Waals surface area contributed by atoms with Crippen LogP contribution in [0.25, 0.3) is 0 Å². The molecule has 0 unspecified atom stereocenters. The molecule has 1 aliphatic heterocycles. The van der Waals surface area contributed by atoms with Crippen LogP contribution in [0.3, 0.4) is 0 Å². The number of hydrogen-bond donors (Lipinski definition) is 2. The first-order chi connectivity index (χ1) is 15.4. The highest BCUT2D eigenvalue weighted by Gasteiger charge is 2.32. The number of rotatable bonds is 9. The van der Waals surface area contributed by atoms with E-state index < -0.39 is 42.6 Å². The highest BCUT2D eigenvalue weighted by molar-refractivity contribution is 5.94. The summed E-state index contributed by atoms with van der Waals surface area (Å²) in [5, 5.41) is 5.14. The summed E-state index contributed by atoms with van der Waals surface area (Å²) < 4.78 is 80.2. The molecule has 1 aliphatic rings. The van der Waals surface area contributed by atoms with E-state index in [0.717, 1.165) is 25.0 Å². The normalized spacial score (nSPS) is 15.8. The van der Waals surface area contributed by atoms with Gasteiger partial charge in [0.25, 0.3) is 5.91 Å². The van der Waals surface area contributed by atoms with Crippen molar-refractivity contribution < 1.29 is 40.7 Å². The zero-order valence-corrected chi connectivity index (χ0v) is 18.1. The van der Waals surface area contributed by atoms with Crippen LogP contribution in [0.15, 0.2) is 18.2 Å². The monoisotopic (exact) mass is 483 g/mol. The van der Waals surface area contributed by atoms with Crippen molar-refractivity contribution in [2.24, 2.45) is 5.92 Å². The number of piperidine rings is 1. The van der Waals surface area contributed by atoms with Crippen LogP contribution in [0.2, 0.25) is 0 Å². The van der Waals surface area contributed by atoms with Gasteiger partial charge in [-0.2, -0.15) is 26.3 Å². The van der Waals surface area contributed by atoms with Gasteiger partial charge in [-0.1, -0.05) is 0 Å². The fourth-order valence-electron chi connectivity index (χ4n) is 3.46. The van der Waals surface area contributed by atoms with Crippen molar-refractivity contribution in [2.75, 3.05) is 39.8 Å². The Balaban J connectivity index is 1.72. The maximum absolute atomic E-state index is 13.0. The molecule has 0 radical (unpaired) electrons. The van der Waals surface area contributed by atoms with Gasteiger partial charge in [-0.25, -0.2) is 0 Å². The van der Waals surface area contributed by atoms with Crippen LogP contribution < -0.4 is 15.4 Å². The number of ether oxygens (including phenoxy) is 1. The Morgan fingerprint density at radius 1 is 1.06 bits per heavy atom. The largest absolute Gasteiger partial charge is 0.497 e. The molecule has 0 bridgehead atoms. The standard InChI is InChI=1S/C21H27F6N3O3/c1-33-17-11-15(10-16(12-17)21(25,26)27)19(32)29-13-14-3-7-30(8-4-14)9-6-28-18(31)2-5-20(22,23)24/h10-12,14H,2-9,13H2,1H3,(H,28,31)(H,29,32). The van der Waals surface area contributed by atoms with Crippen molar-refractivity contribution in [1.82, 2.24) is 15.5 Å². The van der Waals surface area contributed by atoms with Gasteiger partial charge in [0.1, 0.15) is 5.75 Å². The number of amides is 2. The molecule has 1 fully saturated rings. The maximum atomic E-state index is 13.0. The van der Waals surface area contributed by atoms with Crippen LogP contribution in [-0.2, 0) is 11.0 Å². The minimum Gasteiger partial charge on any atom is -0.497 e. The van der Waals surface area contributed by atoms with E-state index in [9.17, 15) is 35.9 Å². The molecule has 1 heterocycles. The molecular formula is C21H27F6N3O3. The second kappa shape index (κ2) is 11.6. The molecule has 12 heteroatoms. The molecule has 0 spiro atoms. The van der Waals surface area contributed by atoms with E-state index in [1.807, 2.05) is 0 Å². The van der Waals surface area contributed by atoms with E-state index in [1.54, 1.807) is 0 Å². The SMILES string of the molecule is COc1cc(C(=O)NCC2CCN(CCNC(=O)CCC(F)(F)F)CC2)cc(C(F)(F)F)c1. The van der Waals surface area contributed by atoms with Crippen LogP contribution >= 0.6 is 0 Å². The minimum atomic E-state index is -4.60. The predicted molar refractivity (Wildman–Crippen MR) is 108 cm³/mol. The fraction of sp³-hybridized carbons (Fsp3) is 0.619. The number of hydrogen-bond acceptors (Lipinski definition) is 4. The summed E-state index contributed by atoms with van der Waals surface area (Å²) in [5.74, 6) is -1.19. The van der Waals surface area contributed by atoms with Gasteiger partial charge in [0.15, 0.2) is 0 Å². The Morgan fingerprint density at radius 3 is 2.30 bits per heavy atom. The lowest BCUT2D eigenvalue weighted by Gasteiger charge is -2.32. The molecule has 0 aliphatic carbocycles. The van der Waals surface area contributed by atoms with Crippen molar-refractivity contribution in [3.63, 3.8) is 0 Å². The van der Waals surface area contributed by atoms with Gasteiger partial charge in [-0.3, -0.25) is 9.59 Å². The van der Waals surface area contributed by atoms with Gasteiger partial charge in [0.05, 0.1) is 19.1 Å². The third-order valence-corrected chi connectivity index (χ3v) is 5.38. The smallest absolute Gasteiger partial charge is 0.416 e. The second-order valence-electron chi connectivity index (χ2n) is 7.91. The molecule has 2 amide bonds. The Morgan fingerprint density at radius 2 is 1.73 bits per heavy atom. The summed E-state index contributed by atoms with van der Waals surface area (Å²) >= 11 is 0. The summed E-state index contributed by atoms with van der Waals surface area (Å²) in [7, 11) is 1.22. The van der Waals surface area contributed by atoms with Gasteiger partial charge in [0, 0.05) is 31.6 Å². The van der Waals surface area contributed by atoms with Crippen LogP contribution in [0.1, 0.15) is 41.6 Å². The number of methoxy groups -OCH3 is 1. The lowest BCUT2D eigenvalue weighted by atomic mass is 9.96. The topological polar surface area (TPSA) is 70.7 Å². The van der Waals surface area contributed by atoms with Gasteiger partial charge in [-0.15, -0.1) is 0 Å². The predicted octanol–water partition coefficient (Wildman–Crippen LogP) is 3.61. The first-order valence-electron chi connectivity index (χ1n) is 10.5. The number of nitrogens with zero attached hydrogens (tertiary/aromatic N) is 1. The molecule has 2 rings (SSSR count). The summed E-state index contributed by atoms with van der Waals surface area (Å²) in [6.45, 7) is 2.41. The lowest BCUT2D eigenvalue weighted by molar-refractivity contribution is -0.144. The molecule has 1 saturated heterocycles. The van der Waals surface area contributed by atoms with Crippen LogP contribution in [0.5, 0.6) is 5.75 Å². The van der Waals surface area contributed by atoms with Gasteiger partial charge < -0.3 is 20.3 Å². The molecular weight excluding hydrogens is 456 g/mol. The number of halogens is 6. The lowest BCUT2D eigenvalue weighted by Crippen LogP contribution is -2.42. The van der Waals surface area contributed by atoms with Crippen LogP contribution in [0, 0.1) is 5.92 Å². The van der Waals surface area contributed by atoms with E-state index in [0.29, 0.717) is 26.2 Å². The van der Waals surface area contributed by atoms with Gasteiger partial charge in [0.2, 0.25) is 5.91 Å². The van der Waals surface area contributed by atoms with E-state index >= 15 is 0 Å². The average molecular weight is 483 g/mol. The molecule has 1 aromatic rings. The van der Waals surface area contributed by atoms with Crippen LogP contribution in [0.4, 0.5) is 26.3 Å². The summed E-state index contributed by atoms with van der Waals surface area (Å²) in [5.41, 5.74) is -1.11. The molecule has 33 heavy (non-hydrogen) atoms. The number of nitrogens with one attached hydrogen (secondary N) is 2. The average Bonchev–Trinajstić information content (AvgIpc) is 2.75. The third kappa shape index (κ3) is 9.48. The number of likely N-dealkylation sites (tertiary alicyclic amines) is 1. The number of carbonyl (C=O) groups is 2. The first-order valence-corrected chi connectivity index (χ1v) is 10.5. The highest BCUT2D eigenvalue weighted by Crippen LogP contribution is 2.32. The molecule has 2 N–H and O–H groups in total. The van der Waals surface area contributed by atoms with Gasteiger partial charge in [-0.05, 0) is 50.0 Å². The van der Waals surface area contributed by atoms with E-state index in [2.05, 4.69) is 15.5 Å². The van der Waals surface area contributed by atoms with Crippen molar-refractivity contribution in [2.45, 2.75) is 38.0 Å². The maximum Gasteiger partial charge on any atom is 0.416 e. The second-order valence-corrected chi connectivity index (χ2v) is 7.91. The highest BCUT2D eigenvalue weighted by atomic mass is 19.4. The van der Waals surface area contributed by atoms with Gasteiger partial charge >= 0.3 is 12.4 Å². The Hall–Kier alpha value is -2.50. The molecule has 186 valence electrons. The molecule has 0 atom stereocenters.